The molecular weight excluding hydrogens is 1240 g/mol. The van der Waals surface area contributed by atoms with Gasteiger partial charge in [-0.25, -0.2) is 44.3 Å². The van der Waals surface area contributed by atoms with Gasteiger partial charge < -0.3 is 39.5 Å². The molecule has 20 nitrogen and oxygen atoms in total. The van der Waals surface area contributed by atoms with Crippen LogP contribution in [0.15, 0.2) is 91.6 Å². The lowest BCUT2D eigenvalue weighted by molar-refractivity contribution is 0.219. The summed E-state index contributed by atoms with van der Waals surface area (Å²) in [7, 11) is 8.38. The predicted octanol–water partition coefficient (Wildman–Crippen LogP) is 12.7. The lowest BCUT2D eigenvalue weighted by atomic mass is 9.83. The molecule has 94 heavy (non-hydrogen) atoms. The van der Waals surface area contributed by atoms with Gasteiger partial charge in [-0.2, -0.15) is 15.6 Å². The number of hydrogen-bond acceptors (Lipinski definition) is 20. The molecule has 0 spiro atoms. The summed E-state index contributed by atoms with van der Waals surface area (Å²) < 4.78 is 19.9. The summed E-state index contributed by atoms with van der Waals surface area (Å²) in [6.45, 7) is 3.80. The van der Waals surface area contributed by atoms with E-state index in [0.29, 0.717) is 76.8 Å². The quantitative estimate of drug-likeness (QED) is 0.122. The van der Waals surface area contributed by atoms with Gasteiger partial charge in [0.15, 0.2) is 32.5 Å². The SMILES string of the molecule is CN(c1nc2ccc(-c3cc(C#N)c4nn(C)cc4c3)nc2s1)C1CC2CCC(C1)N2.Cc1cn2cc(-c3ccc4nc(N(C)C5CC6CCCC(C5)N6)sc4n3)cc(C#N)c2n1.Cc1cn2cc(-c3ccc4nc(N(C)C5CC6CCCC(C5)N6)sc4n3)cc(F)c2n1. The Bertz CT molecular complexity index is 4930. The Balaban J connectivity index is 0.000000112. The van der Waals surface area contributed by atoms with Gasteiger partial charge in [0, 0.05) is 136 Å². The highest BCUT2D eigenvalue weighted by Gasteiger charge is 2.38. The van der Waals surface area contributed by atoms with Crippen molar-refractivity contribution >= 4 is 103 Å². The van der Waals surface area contributed by atoms with Crippen LogP contribution >= 0.6 is 34.0 Å². The van der Waals surface area contributed by atoms with Crippen molar-refractivity contribution < 1.29 is 4.39 Å². The fraction of sp³-hybridized carbons (Fsp3) is 0.414. The van der Waals surface area contributed by atoms with Crippen LogP contribution in [0.2, 0.25) is 0 Å². The molecule has 1 aromatic carbocycles. The van der Waals surface area contributed by atoms with Crippen molar-refractivity contribution in [3.63, 3.8) is 0 Å². The number of benzene rings is 1. The summed E-state index contributed by atoms with van der Waals surface area (Å²) in [6, 6.07) is 29.3. The monoisotopic (exact) mass is 1310 g/mol. The van der Waals surface area contributed by atoms with Gasteiger partial charge in [-0.3, -0.25) is 4.68 Å². The molecule has 6 fully saturated rings. The van der Waals surface area contributed by atoms with Gasteiger partial charge in [-0.1, -0.05) is 46.9 Å². The Hall–Kier alpha value is -8.62. The molecule has 0 saturated carbocycles. The van der Waals surface area contributed by atoms with E-state index in [4.69, 9.17) is 29.9 Å². The van der Waals surface area contributed by atoms with Crippen LogP contribution in [-0.2, 0) is 7.05 Å². The van der Waals surface area contributed by atoms with Gasteiger partial charge >= 0.3 is 0 Å². The number of thiazole rings is 3. The number of anilines is 3. The molecular formula is C70H73FN20S3. The number of piperidine rings is 5. The first-order valence-corrected chi connectivity index (χ1v) is 35.3. The lowest BCUT2D eigenvalue weighted by Gasteiger charge is -2.43. The smallest absolute Gasteiger partial charge is 0.187 e. The summed E-state index contributed by atoms with van der Waals surface area (Å²) in [5, 5.41) is 38.9. The molecule has 0 radical (unpaired) electrons. The van der Waals surface area contributed by atoms with Gasteiger partial charge in [0.2, 0.25) is 0 Å². The largest absolute Gasteiger partial charge is 0.348 e. The third kappa shape index (κ3) is 11.8. The molecule has 17 heterocycles. The molecule has 6 bridgehead atoms. The van der Waals surface area contributed by atoms with E-state index in [-0.39, 0.29) is 5.82 Å². The number of nitrogens with one attached hydrogen (secondary N) is 3. The van der Waals surface area contributed by atoms with Crippen molar-refractivity contribution in [3.8, 4) is 45.9 Å². The molecule has 6 saturated heterocycles. The van der Waals surface area contributed by atoms with Crippen LogP contribution in [0.25, 0.3) is 87.0 Å². The number of nitrogens with zero attached hydrogens (tertiary/aromatic N) is 17. The van der Waals surface area contributed by atoms with E-state index < -0.39 is 0 Å². The number of pyridine rings is 5. The fourth-order valence-corrected chi connectivity index (χ4v) is 18.4. The van der Waals surface area contributed by atoms with Crippen molar-refractivity contribution in [1.29, 1.82) is 10.5 Å². The molecule has 0 aliphatic carbocycles. The first-order valence-electron chi connectivity index (χ1n) is 32.9. The minimum Gasteiger partial charge on any atom is -0.348 e. The number of hydrogen-bond donors (Lipinski definition) is 3. The number of imidazole rings is 2. The first kappa shape index (κ1) is 60.3. The Kier molecular flexibility index (Phi) is 15.8. The van der Waals surface area contributed by atoms with Crippen LogP contribution in [-0.4, -0.2) is 134 Å². The second kappa shape index (κ2) is 24.6. The molecule has 24 heteroatoms. The summed E-state index contributed by atoms with van der Waals surface area (Å²) in [4.78, 5) is 47.8. The molecule has 18 rings (SSSR count). The number of nitriles is 2. The second-order valence-electron chi connectivity index (χ2n) is 26.8. The van der Waals surface area contributed by atoms with Crippen LogP contribution in [0.1, 0.15) is 112 Å². The van der Waals surface area contributed by atoms with Crippen LogP contribution < -0.4 is 30.7 Å². The lowest BCUT2D eigenvalue weighted by Crippen LogP contribution is -2.54. The summed E-state index contributed by atoms with van der Waals surface area (Å²) in [6.07, 6.45) is 27.1. The summed E-state index contributed by atoms with van der Waals surface area (Å²) in [5.41, 5.74) is 12.3. The average molecular weight is 1310 g/mol. The number of rotatable bonds is 9. The average Bonchev–Trinajstić information content (AvgIpc) is 1.84. The van der Waals surface area contributed by atoms with Gasteiger partial charge in [0.25, 0.3) is 0 Å². The zero-order valence-corrected chi connectivity index (χ0v) is 55.9. The number of halogens is 1. The third-order valence-electron chi connectivity index (χ3n) is 20.3. The van der Waals surface area contributed by atoms with E-state index in [1.807, 2.05) is 105 Å². The summed E-state index contributed by atoms with van der Waals surface area (Å²) in [5.74, 6) is -0.339. The highest BCUT2D eigenvalue weighted by atomic mass is 32.1. The minimum absolute atomic E-state index is 0.339. The maximum absolute atomic E-state index is 14.5. The molecule has 6 aliphatic rings. The number of aromatic nitrogens is 12. The third-order valence-corrected chi connectivity index (χ3v) is 23.4. The van der Waals surface area contributed by atoms with Crippen molar-refractivity contribution in [2.75, 3.05) is 35.8 Å². The van der Waals surface area contributed by atoms with Crippen molar-refractivity contribution in [2.45, 2.75) is 158 Å². The molecule has 6 unspecified atom stereocenters. The molecule has 6 atom stereocenters. The van der Waals surface area contributed by atoms with E-state index in [1.165, 1.54) is 96.0 Å². The molecule has 12 aromatic rings. The number of fused-ring (bicyclic) bond motifs is 12. The molecule has 0 amide bonds. The van der Waals surface area contributed by atoms with Crippen LogP contribution in [0.3, 0.4) is 0 Å². The fourth-order valence-electron chi connectivity index (χ4n) is 15.5. The van der Waals surface area contributed by atoms with Crippen molar-refractivity contribution in [1.82, 2.24) is 74.4 Å². The van der Waals surface area contributed by atoms with Crippen molar-refractivity contribution in [3.05, 3.63) is 120 Å². The number of aryl methyl sites for hydroxylation is 3. The van der Waals surface area contributed by atoms with E-state index in [1.54, 1.807) is 43.1 Å². The Morgan fingerprint density at radius 3 is 1.34 bits per heavy atom. The van der Waals surface area contributed by atoms with Gasteiger partial charge in [0.1, 0.15) is 48.7 Å². The van der Waals surface area contributed by atoms with Gasteiger partial charge in [0.05, 0.1) is 39.6 Å². The Labute approximate surface area is 555 Å². The van der Waals surface area contributed by atoms with Crippen LogP contribution in [0, 0.1) is 42.3 Å². The molecule has 11 aromatic heterocycles. The molecule has 6 aliphatic heterocycles. The zero-order valence-electron chi connectivity index (χ0n) is 53.5. The standard InChI is InChI=1S/C24H25N7S.C23H25FN6S.C23H23N7S/c1-14-12-31-13-16(8-15(11-25)22(31)26-14)20-6-7-21-23(28-20)32-24(29-21)30(2)19-9-17-4-3-5-18(10-19)27-17;1-13-11-30-12-14(8-18(24)21(30)25-13)19-6-7-20-22(27-19)31-23(28-20)29(2)17-9-15-4-3-5-16(10-17)26-15;1-29-12-15-8-13(7-14(11-24)21(15)28-29)19-5-6-20-22(26-19)31-23(27-20)30(2)18-9-16-3-4-17(10-18)25-16/h6-8,12-13,17-19,27H,3-5,9-10H2,1-2H3;6-8,11-12,15-17,26H,3-5,9-10H2,1-2H3;5-8,12,16-18,25H,3-4,9-10H2,1-2H3. The predicted molar refractivity (Wildman–Crippen MR) is 373 cm³/mol. The van der Waals surface area contributed by atoms with Crippen LogP contribution in [0.5, 0.6) is 0 Å². The normalized spacial score (nSPS) is 23.1. The highest BCUT2D eigenvalue weighted by molar-refractivity contribution is 7.22. The van der Waals surface area contributed by atoms with E-state index in [9.17, 15) is 14.9 Å². The van der Waals surface area contributed by atoms with Crippen LogP contribution in [0.4, 0.5) is 19.8 Å². The zero-order chi connectivity index (χ0) is 64.0. The Morgan fingerprint density at radius 2 is 0.883 bits per heavy atom. The maximum atomic E-state index is 14.5. The van der Waals surface area contributed by atoms with E-state index >= 15 is 0 Å². The second-order valence-corrected chi connectivity index (χ2v) is 29.7. The summed E-state index contributed by atoms with van der Waals surface area (Å²) >= 11 is 4.92. The minimum atomic E-state index is -0.339. The molecule has 478 valence electrons. The first-order chi connectivity index (χ1) is 45.7. The molecule has 3 N–H and O–H groups in total. The van der Waals surface area contributed by atoms with E-state index in [2.05, 4.69) is 85.1 Å². The van der Waals surface area contributed by atoms with Gasteiger partial charge in [-0.15, -0.1) is 0 Å². The maximum Gasteiger partial charge on any atom is 0.187 e. The highest BCUT2D eigenvalue weighted by Crippen LogP contribution is 2.40. The Morgan fingerprint density at radius 1 is 0.479 bits per heavy atom. The van der Waals surface area contributed by atoms with Gasteiger partial charge in [-0.05, 0) is 152 Å². The van der Waals surface area contributed by atoms with Crippen molar-refractivity contribution in [2.24, 2.45) is 7.05 Å². The van der Waals surface area contributed by atoms with E-state index in [0.717, 1.165) is 102 Å². The topological polar surface area (TPSA) is 223 Å².